The molecule has 1 amide bonds. The lowest BCUT2D eigenvalue weighted by Crippen LogP contribution is -2.28. The first-order valence-electron chi connectivity index (χ1n) is 4.13. The molecule has 0 heterocycles. The molecule has 0 bridgehead atoms. The third-order valence-electron chi connectivity index (χ3n) is 1.62. The van der Waals surface area contributed by atoms with E-state index in [0.29, 0.717) is 5.56 Å². The zero-order chi connectivity index (χ0) is 10.6. The minimum atomic E-state index is -0.243. The molecule has 0 saturated heterocycles. The second-order valence-corrected chi connectivity index (χ2v) is 3.72. The van der Waals surface area contributed by atoms with Crippen LogP contribution in [0.3, 0.4) is 0 Å². The first-order chi connectivity index (χ1) is 6.61. The van der Waals surface area contributed by atoms with E-state index >= 15 is 0 Å². The van der Waals surface area contributed by atoms with Crippen molar-refractivity contribution in [1.82, 2.24) is 5.32 Å². The number of rotatable bonds is 3. The maximum atomic E-state index is 11.5. The van der Waals surface area contributed by atoms with E-state index in [2.05, 4.69) is 21.2 Å². The Morgan fingerprint density at radius 3 is 2.57 bits per heavy atom. The Bertz CT molecular complexity index is 363. The van der Waals surface area contributed by atoms with Gasteiger partial charge in [-0.05, 0) is 35.0 Å². The van der Waals surface area contributed by atoms with E-state index in [1.165, 1.54) is 6.92 Å². The number of amides is 1. The minimum absolute atomic E-state index is 0.0644. The molecule has 14 heavy (non-hydrogen) atoms. The van der Waals surface area contributed by atoms with Gasteiger partial charge in [-0.25, -0.2) is 0 Å². The van der Waals surface area contributed by atoms with E-state index in [1.807, 2.05) is 6.07 Å². The highest BCUT2D eigenvalue weighted by molar-refractivity contribution is 9.10. The molecular formula is C10H10BrNO2. The lowest BCUT2D eigenvalue weighted by atomic mass is 10.2. The lowest BCUT2D eigenvalue weighted by molar-refractivity contribution is -0.116. The summed E-state index contributed by atoms with van der Waals surface area (Å²) in [5.41, 5.74) is 0.536. The fourth-order valence-corrected chi connectivity index (χ4v) is 1.41. The lowest BCUT2D eigenvalue weighted by Gasteiger charge is -2.04. The number of nitrogens with one attached hydrogen (secondary N) is 1. The van der Waals surface area contributed by atoms with Crippen LogP contribution in [-0.4, -0.2) is 18.2 Å². The molecule has 0 atom stereocenters. The molecular weight excluding hydrogens is 246 g/mol. The maximum Gasteiger partial charge on any atom is 0.252 e. The number of hydrogen-bond donors (Lipinski definition) is 1. The molecule has 0 aliphatic heterocycles. The SMILES string of the molecule is CC(=O)CNC(=O)c1ccccc1Br. The summed E-state index contributed by atoms with van der Waals surface area (Å²) in [6.07, 6.45) is 0. The average molecular weight is 256 g/mol. The fourth-order valence-electron chi connectivity index (χ4n) is 0.945. The largest absolute Gasteiger partial charge is 0.345 e. The zero-order valence-electron chi connectivity index (χ0n) is 7.71. The number of hydrogen-bond acceptors (Lipinski definition) is 2. The van der Waals surface area contributed by atoms with Gasteiger partial charge >= 0.3 is 0 Å². The number of halogens is 1. The Kier molecular flexibility index (Phi) is 3.83. The highest BCUT2D eigenvalue weighted by Gasteiger charge is 2.08. The van der Waals surface area contributed by atoms with Gasteiger partial charge in [0.2, 0.25) is 0 Å². The Labute approximate surface area is 90.6 Å². The molecule has 0 fully saturated rings. The van der Waals surface area contributed by atoms with Crippen molar-refractivity contribution < 1.29 is 9.59 Å². The van der Waals surface area contributed by atoms with Gasteiger partial charge in [0.15, 0.2) is 0 Å². The summed E-state index contributed by atoms with van der Waals surface area (Å²) in [6, 6.07) is 7.07. The second kappa shape index (κ2) is 4.91. The van der Waals surface area contributed by atoms with Crippen molar-refractivity contribution in [1.29, 1.82) is 0 Å². The molecule has 1 aromatic carbocycles. The smallest absolute Gasteiger partial charge is 0.252 e. The van der Waals surface area contributed by atoms with Gasteiger partial charge < -0.3 is 5.32 Å². The van der Waals surface area contributed by atoms with Gasteiger partial charge in [-0.1, -0.05) is 12.1 Å². The predicted molar refractivity (Wildman–Crippen MR) is 57.2 cm³/mol. The van der Waals surface area contributed by atoms with E-state index in [-0.39, 0.29) is 18.2 Å². The van der Waals surface area contributed by atoms with Crippen LogP contribution in [0, 0.1) is 0 Å². The van der Waals surface area contributed by atoms with E-state index < -0.39 is 0 Å². The number of ketones is 1. The van der Waals surface area contributed by atoms with Crippen molar-refractivity contribution >= 4 is 27.6 Å². The molecule has 0 radical (unpaired) electrons. The van der Waals surface area contributed by atoms with Crippen molar-refractivity contribution in [3.05, 3.63) is 34.3 Å². The average Bonchev–Trinajstić information content (AvgIpc) is 2.15. The molecule has 74 valence electrons. The fraction of sp³-hybridized carbons (Fsp3) is 0.200. The van der Waals surface area contributed by atoms with Crippen LogP contribution in [-0.2, 0) is 4.79 Å². The van der Waals surface area contributed by atoms with Crippen molar-refractivity contribution in [3.63, 3.8) is 0 Å². The van der Waals surface area contributed by atoms with Gasteiger partial charge in [0.1, 0.15) is 5.78 Å². The molecule has 1 N–H and O–H groups in total. The van der Waals surface area contributed by atoms with Gasteiger partial charge in [-0.3, -0.25) is 9.59 Å². The Hall–Kier alpha value is -1.16. The number of benzene rings is 1. The Balaban J connectivity index is 2.70. The quantitative estimate of drug-likeness (QED) is 0.895. The molecule has 0 aliphatic carbocycles. The summed E-state index contributed by atoms with van der Waals surface area (Å²) in [5, 5.41) is 2.52. The van der Waals surface area contributed by atoms with Gasteiger partial charge in [0.05, 0.1) is 12.1 Å². The highest BCUT2D eigenvalue weighted by Crippen LogP contribution is 2.15. The minimum Gasteiger partial charge on any atom is -0.345 e. The summed E-state index contributed by atoms with van der Waals surface area (Å²) in [7, 11) is 0. The molecule has 1 rings (SSSR count). The molecule has 0 aromatic heterocycles. The van der Waals surface area contributed by atoms with Crippen LogP contribution in [0.4, 0.5) is 0 Å². The van der Waals surface area contributed by atoms with Crippen LogP contribution < -0.4 is 5.32 Å². The van der Waals surface area contributed by atoms with Crippen LogP contribution >= 0.6 is 15.9 Å². The molecule has 4 heteroatoms. The summed E-state index contributed by atoms with van der Waals surface area (Å²) in [5.74, 6) is -0.307. The van der Waals surface area contributed by atoms with E-state index in [1.54, 1.807) is 18.2 Å². The monoisotopic (exact) mass is 255 g/mol. The second-order valence-electron chi connectivity index (χ2n) is 2.86. The van der Waals surface area contributed by atoms with Gasteiger partial charge in [0.25, 0.3) is 5.91 Å². The summed E-state index contributed by atoms with van der Waals surface area (Å²) >= 11 is 3.26. The van der Waals surface area contributed by atoms with Crippen LogP contribution in [0.1, 0.15) is 17.3 Å². The van der Waals surface area contributed by atoms with Crippen molar-refractivity contribution in [2.45, 2.75) is 6.92 Å². The maximum absolute atomic E-state index is 11.5. The normalized spacial score (nSPS) is 9.57. The third-order valence-corrected chi connectivity index (χ3v) is 2.31. The van der Waals surface area contributed by atoms with E-state index in [9.17, 15) is 9.59 Å². The molecule has 0 saturated carbocycles. The van der Waals surface area contributed by atoms with Gasteiger partial charge in [-0.2, -0.15) is 0 Å². The van der Waals surface area contributed by atoms with Crippen molar-refractivity contribution in [2.24, 2.45) is 0 Å². The van der Waals surface area contributed by atoms with Crippen LogP contribution in [0.15, 0.2) is 28.7 Å². The first kappa shape index (κ1) is 10.9. The molecule has 0 spiro atoms. The summed E-state index contributed by atoms with van der Waals surface area (Å²) < 4.78 is 0.723. The van der Waals surface area contributed by atoms with Gasteiger partial charge in [-0.15, -0.1) is 0 Å². The van der Waals surface area contributed by atoms with E-state index in [0.717, 1.165) is 4.47 Å². The third kappa shape index (κ3) is 2.96. The van der Waals surface area contributed by atoms with Crippen LogP contribution in [0.2, 0.25) is 0 Å². The molecule has 3 nitrogen and oxygen atoms in total. The first-order valence-corrected chi connectivity index (χ1v) is 4.92. The number of carbonyl (C=O) groups is 2. The summed E-state index contributed by atoms with van der Waals surface area (Å²) in [4.78, 5) is 22.1. The van der Waals surface area contributed by atoms with E-state index in [4.69, 9.17) is 0 Å². The predicted octanol–water partition coefficient (Wildman–Crippen LogP) is 1.77. The molecule has 0 aliphatic rings. The zero-order valence-corrected chi connectivity index (χ0v) is 9.30. The van der Waals surface area contributed by atoms with Crippen molar-refractivity contribution in [2.75, 3.05) is 6.54 Å². The standard InChI is InChI=1S/C10H10BrNO2/c1-7(13)6-12-10(14)8-4-2-3-5-9(8)11/h2-5H,6H2,1H3,(H,12,14). The highest BCUT2D eigenvalue weighted by atomic mass is 79.9. The summed E-state index contributed by atoms with van der Waals surface area (Å²) in [6.45, 7) is 1.50. The molecule has 0 unspecified atom stereocenters. The molecule has 1 aromatic rings. The van der Waals surface area contributed by atoms with Crippen LogP contribution in [0.5, 0.6) is 0 Å². The van der Waals surface area contributed by atoms with Crippen molar-refractivity contribution in [3.8, 4) is 0 Å². The topological polar surface area (TPSA) is 46.2 Å². The number of carbonyl (C=O) groups excluding carboxylic acids is 2. The Morgan fingerprint density at radius 2 is 2.00 bits per heavy atom. The number of Topliss-reactive ketones (excluding diaryl/α,β-unsaturated/α-hetero) is 1. The van der Waals surface area contributed by atoms with Crippen LogP contribution in [0.25, 0.3) is 0 Å². The van der Waals surface area contributed by atoms with Gasteiger partial charge in [0, 0.05) is 4.47 Å². The Morgan fingerprint density at radius 1 is 1.36 bits per heavy atom.